The van der Waals surface area contributed by atoms with E-state index in [4.69, 9.17) is 0 Å². The lowest BCUT2D eigenvalue weighted by atomic mass is 9.51. The van der Waals surface area contributed by atoms with E-state index in [-0.39, 0.29) is 46.9 Å². The monoisotopic (exact) mass is 470 g/mol. The van der Waals surface area contributed by atoms with Crippen molar-refractivity contribution in [1.82, 2.24) is 20.5 Å². The molecule has 1 aromatic heterocycles. The highest BCUT2D eigenvalue weighted by atomic mass is 16.3. The molecule has 0 unspecified atom stereocenters. The summed E-state index contributed by atoms with van der Waals surface area (Å²) in [6, 6.07) is 3.46. The third-order valence-corrected chi connectivity index (χ3v) is 9.13. The van der Waals surface area contributed by atoms with Crippen LogP contribution in [0.2, 0.25) is 0 Å². The molecule has 4 rings (SSSR count). The van der Waals surface area contributed by atoms with Crippen LogP contribution >= 0.6 is 0 Å². The Morgan fingerprint density at radius 1 is 1.21 bits per heavy atom. The van der Waals surface area contributed by atoms with Crippen LogP contribution in [-0.4, -0.2) is 65.1 Å². The molecular formula is C27H42N4O3. The highest BCUT2D eigenvalue weighted by Gasteiger charge is 2.53. The first-order chi connectivity index (χ1) is 16.3. The lowest BCUT2D eigenvalue weighted by Crippen LogP contribution is -2.58. The minimum Gasteiger partial charge on any atom is -0.392 e. The van der Waals surface area contributed by atoms with Crippen molar-refractivity contribution >= 4 is 11.8 Å². The van der Waals surface area contributed by atoms with Gasteiger partial charge in [0.05, 0.1) is 6.10 Å². The predicted octanol–water partition coefficient (Wildman–Crippen LogP) is 2.85. The highest BCUT2D eigenvalue weighted by Crippen LogP contribution is 2.55. The van der Waals surface area contributed by atoms with Gasteiger partial charge in [-0.15, -0.1) is 0 Å². The van der Waals surface area contributed by atoms with Crippen LogP contribution in [0.1, 0.15) is 69.7 Å². The smallest absolute Gasteiger partial charge is 0.251 e. The van der Waals surface area contributed by atoms with E-state index in [0.29, 0.717) is 12.1 Å². The van der Waals surface area contributed by atoms with Crippen molar-refractivity contribution in [3.8, 4) is 0 Å². The molecule has 188 valence electrons. The maximum absolute atomic E-state index is 12.9. The van der Waals surface area contributed by atoms with E-state index in [1.807, 2.05) is 6.92 Å². The van der Waals surface area contributed by atoms with Crippen molar-refractivity contribution in [2.45, 2.75) is 71.4 Å². The van der Waals surface area contributed by atoms with Crippen LogP contribution in [0.4, 0.5) is 0 Å². The van der Waals surface area contributed by atoms with Gasteiger partial charge in [-0.3, -0.25) is 14.6 Å². The van der Waals surface area contributed by atoms with Crippen LogP contribution < -0.4 is 10.6 Å². The largest absolute Gasteiger partial charge is 0.392 e. The Balaban J connectivity index is 1.37. The number of nitrogens with one attached hydrogen (secondary N) is 2. The molecule has 3 aliphatic rings. The minimum absolute atomic E-state index is 0.0109. The van der Waals surface area contributed by atoms with Crippen molar-refractivity contribution in [2.24, 2.45) is 29.1 Å². The Morgan fingerprint density at radius 2 is 1.88 bits per heavy atom. The van der Waals surface area contributed by atoms with Crippen molar-refractivity contribution < 1.29 is 14.7 Å². The summed E-state index contributed by atoms with van der Waals surface area (Å²) in [7, 11) is 0. The maximum atomic E-state index is 12.9. The second-order valence-corrected chi connectivity index (χ2v) is 11.2. The minimum atomic E-state index is -0.547. The molecule has 1 aliphatic heterocycles. The maximum Gasteiger partial charge on any atom is 0.251 e. The van der Waals surface area contributed by atoms with Gasteiger partial charge in [0.15, 0.2) is 0 Å². The van der Waals surface area contributed by atoms with E-state index in [1.54, 1.807) is 24.5 Å². The summed E-state index contributed by atoms with van der Waals surface area (Å²) in [5.74, 6) is -0.122. The first-order valence-electron chi connectivity index (χ1n) is 13.2. The predicted molar refractivity (Wildman–Crippen MR) is 132 cm³/mol. The summed E-state index contributed by atoms with van der Waals surface area (Å²) in [4.78, 5) is 32.1. The second-order valence-electron chi connectivity index (χ2n) is 11.2. The number of carbonyl (C=O) groups is 2. The van der Waals surface area contributed by atoms with Crippen LogP contribution in [0.15, 0.2) is 24.5 Å². The molecule has 7 atom stereocenters. The van der Waals surface area contributed by atoms with Crippen LogP contribution in [-0.2, 0) is 4.79 Å². The van der Waals surface area contributed by atoms with Gasteiger partial charge in [0.1, 0.15) is 0 Å². The number of fused-ring (bicyclic) bond motifs is 1. The number of carbonyl (C=O) groups excluding carboxylic acids is 2. The Hall–Kier alpha value is -1.99. The molecule has 2 heterocycles. The van der Waals surface area contributed by atoms with Crippen molar-refractivity contribution in [1.29, 1.82) is 0 Å². The Bertz CT molecular complexity index is 844. The third-order valence-electron chi connectivity index (χ3n) is 9.13. The van der Waals surface area contributed by atoms with Gasteiger partial charge in [-0.05, 0) is 86.9 Å². The summed E-state index contributed by atoms with van der Waals surface area (Å²) >= 11 is 0. The third kappa shape index (κ3) is 5.30. The molecule has 0 bridgehead atoms. The summed E-state index contributed by atoms with van der Waals surface area (Å²) in [5, 5.41) is 17.9. The zero-order valence-corrected chi connectivity index (χ0v) is 21.0. The van der Waals surface area contributed by atoms with Crippen molar-refractivity contribution in [3.05, 3.63) is 30.1 Å². The SMILES string of the molecule is C[C@@H]1[C@@H]2[C@@H](O)[C@H]([C@H](C)C(=O)NCCN3CCCC3)CC[C@]2(C)CC[C@@H]1NC(=O)c1ccncc1. The topological polar surface area (TPSA) is 94.6 Å². The van der Waals surface area contributed by atoms with Gasteiger partial charge in [0.2, 0.25) is 5.91 Å². The number of hydrogen-bond acceptors (Lipinski definition) is 5. The number of pyridine rings is 1. The number of aliphatic hydroxyl groups excluding tert-OH is 1. The van der Waals surface area contributed by atoms with Gasteiger partial charge in [0, 0.05) is 43.0 Å². The van der Waals surface area contributed by atoms with E-state index in [1.165, 1.54) is 12.8 Å². The van der Waals surface area contributed by atoms with Gasteiger partial charge in [-0.25, -0.2) is 0 Å². The van der Waals surface area contributed by atoms with Crippen LogP contribution in [0.25, 0.3) is 0 Å². The molecule has 7 heteroatoms. The number of likely N-dealkylation sites (tertiary alicyclic amines) is 1. The average Bonchev–Trinajstić information content (AvgIpc) is 3.35. The fraction of sp³-hybridized carbons (Fsp3) is 0.741. The molecule has 3 N–H and O–H groups in total. The first kappa shape index (κ1) is 25.1. The zero-order chi connectivity index (χ0) is 24.3. The van der Waals surface area contributed by atoms with E-state index >= 15 is 0 Å². The molecule has 3 fully saturated rings. The van der Waals surface area contributed by atoms with E-state index in [9.17, 15) is 14.7 Å². The Morgan fingerprint density at radius 3 is 2.59 bits per heavy atom. The first-order valence-corrected chi connectivity index (χ1v) is 13.2. The van der Waals surface area contributed by atoms with Crippen molar-refractivity contribution in [3.63, 3.8) is 0 Å². The van der Waals surface area contributed by atoms with E-state index in [2.05, 4.69) is 34.4 Å². The number of aliphatic hydroxyl groups is 1. The molecule has 0 spiro atoms. The Labute approximate surface area is 204 Å². The standard InChI is InChI=1S/C27H42N4O3/c1-18(25(33)29-14-17-31-15-4-5-16-31)21-6-10-27(3)11-7-22(19(2)23(27)24(21)32)30-26(34)20-8-12-28-13-9-20/h8-9,12-13,18-19,21-24,32H,4-7,10-11,14-17H2,1-3H3,(H,29,33)(H,30,34)/t18-,19-,21-,22-,23+,24-,27+/m0/s1. The lowest BCUT2D eigenvalue weighted by Gasteiger charge is -2.56. The number of rotatable bonds is 7. The van der Waals surface area contributed by atoms with Crippen LogP contribution in [0, 0.1) is 29.1 Å². The molecule has 2 amide bonds. The van der Waals surface area contributed by atoms with Gasteiger partial charge in [-0.1, -0.05) is 20.8 Å². The number of hydrogen-bond donors (Lipinski definition) is 3. The fourth-order valence-corrected chi connectivity index (χ4v) is 6.95. The molecule has 34 heavy (non-hydrogen) atoms. The van der Waals surface area contributed by atoms with E-state index in [0.717, 1.165) is 45.3 Å². The van der Waals surface area contributed by atoms with Crippen molar-refractivity contribution in [2.75, 3.05) is 26.2 Å². The molecule has 7 nitrogen and oxygen atoms in total. The molecule has 0 radical (unpaired) electrons. The lowest BCUT2D eigenvalue weighted by molar-refractivity contribution is -0.141. The molecule has 0 aromatic carbocycles. The van der Waals surface area contributed by atoms with E-state index < -0.39 is 6.10 Å². The molecule has 1 aromatic rings. The molecule has 1 saturated heterocycles. The van der Waals surface area contributed by atoms with Gasteiger partial charge in [-0.2, -0.15) is 0 Å². The quantitative estimate of drug-likeness (QED) is 0.570. The zero-order valence-electron chi connectivity index (χ0n) is 21.0. The molecule has 2 saturated carbocycles. The summed E-state index contributed by atoms with van der Waals surface area (Å²) < 4.78 is 0. The van der Waals surface area contributed by atoms with Gasteiger partial charge in [0.25, 0.3) is 5.91 Å². The highest BCUT2D eigenvalue weighted by molar-refractivity contribution is 5.94. The number of amides is 2. The Kier molecular flexibility index (Phi) is 7.93. The summed E-state index contributed by atoms with van der Waals surface area (Å²) in [6.45, 7) is 10.3. The average molecular weight is 471 g/mol. The molecular weight excluding hydrogens is 428 g/mol. The molecule has 2 aliphatic carbocycles. The summed E-state index contributed by atoms with van der Waals surface area (Å²) in [5.41, 5.74) is 0.649. The van der Waals surface area contributed by atoms with Gasteiger partial charge < -0.3 is 20.6 Å². The van der Waals surface area contributed by atoms with Crippen LogP contribution in [0.5, 0.6) is 0 Å². The fourth-order valence-electron chi connectivity index (χ4n) is 6.95. The number of nitrogens with zero attached hydrogens (tertiary/aromatic N) is 2. The van der Waals surface area contributed by atoms with Crippen LogP contribution in [0.3, 0.4) is 0 Å². The normalized spacial score (nSPS) is 34.8. The van der Waals surface area contributed by atoms with Gasteiger partial charge >= 0.3 is 0 Å². The summed E-state index contributed by atoms with van der Waals surface area (Å²) in [6.07, 6.45) is 8.98. The second kappa shape index (κ2) is 10.7. The number of aromatic nitrogens is 1.